The molecule has 21 heavy (non-hydrogen) atoms. The highest BCUT2D eigenvalue weighted by Gasteiger charge is 2.59. The summed E-state index contributed by atoms with van der Waals surface area (Å²) in [7, 11) is 0. The number of allylic oxidation sites excluding steroid dienone is 2. The Morgan fingerprint density at radius 2 is 1.52 bits per heavy atom. The lowest BCUT2D eigenvalue weighted by Gasteiger charge is -2.17. The molecule has 3 aliphatic rings. The Bertz CT molecular complexity index is 661. The maximum Gasteiger partial charge on any atom is 0.238 e. The molecule has 1 aromatic rings. The third-order valence-corrected chi connectivity index (χ3v) is 4.83. The molecule has 1 heterocycles. The van der Waals surface area contributed by atoms with Crippen molar-refractivity contribution in [1.82, 2.24) is 0 Å². The fraction of sp³-hybridized carbons (Fsp3) is 0.312. The van der Waals surface area contributed by atoms with Gasteiger partial charge in [-0.05, 0) is 36.0 Å². The van der Waals surface area contributed by atoms with Crippen LogP contribution in [0.5, 0.6) is 0 Å². The highest BCUT2D eigenvalue weighted by molar-refractivity contribution is 6.22. The van der Waals surface area contributed by atoms with E-state index < -0.39 is 5.97 Å². The molecule has 0 N–H and O–H groups in total. The molecule has 5 nitrogen and oxygen atoms in total. The molecule has 4 atom stereocenters. The number of carbonyl (C=O) groups excluding carboxylic acids is 3. The van der Waals surface area contributed by atoms with Crippen LogP contribution in [0.3, 0.4) is 0 Å². The van der Waals surface area contributed by atoms with Gasteiger partial charge in [0.05, 0.1) is 23.5 Å². The van der Waals surface area contributed by atoms with Crippen LogP contribution in [0, 0.1) is 23.7 Å². The van der Waals surface area contributed by atoms with Crippen LogP contribution < -0.4 is 10.0 Å². The van der Waals surface area contributed by atoms with Gasteiger partial charge in [0, 0.05) is 0 Å². The number of hydrogen-bond donors (Lipinski definition) is 0. The van der Waals surface area contributed by atoms with E-state index in [9.17, 15) is 19.5 Å². The summed E-state index contributed by atoms with van der Waals surface area (Å²) in [4.78, 5) is 37.1. The minimum Gasteiger partial charge on any atom is -0.545 e. The van der Waals surface area contributed by atoms with Crippen molar-refractivity contribution in [3.05, 3.63) is 42.0 Å². The van der Waals surface area contributed by atoms with Crippen LogP contribution in [-0.2, 0) is 9.59 Å². The fourth-order valence-corrected chi connectivity index (χ4v) is 3.90. The summed E-state index contributed by atoms with van der Waals surface area (Å²) in [6.07, 6.45) is 4.98. The number of fused-ring (bicyclic) bond motifs is 5. The highest BCUT2D eigenvalue weighted by atomic mass is 16.4. The summed E-state index contributed by atoms with van der Waals surface area (Å²) >= 11 is 0. The van der Waals surface area contributed by atoms with Crippen molar-refractivity contribution in [1.29, 1.82) is 0 Å². The van der Waals surface area contributed by atoms with Crippen molar-refractivity contribution in [2.24, 2.45) is 23.7 Å². The van der Waals surface area contributed by atoms with Crippen LogP contribution in [-0.4, -0.2) is 17.8 Å². The van der Waals surface area contributed by atoms with E-state index in [1.54, 1.807) is 0 Å². The molecular weight excluding hydrogens is 270 g/mol. The third-order valence-electron chi connectivity index (χ3n) is 4.83. The van der Waals surface area contributed by atoms with Gasteiger partial charge < -0.3 is 9.90 Å². The summed E-state index contributed by atoms with van der Waals surface area (Å²) in [5.74, 6) is -1.75. The standard InChI is InChI=1S/C16H13NO4/c18-14-12-9-1-2-10(7-9)13(12)15(19)17(14)11-5-3-8(4-6-11)16(20)21/h1-6,9-10,12-13H,7H2,(H,20,21)/p-1/t9-,10+,12-,13-/m0/s1. The Labute approximate surface area is 120 Å². The van der Waals surface area contributed by atoms with Gasteiger partial charge >= 0.3 is 0 Å². The molecule has 4 rings (SSSR count). The van der Waals surface area contributed by atoms with Gasteiger partial charge in [-0.3, -0.25) is 14.5 Å². The number of aromatic carboxylic acids is 1. The number of anilines is 1. The average molecular weight is 282 g/mol. The van der Waals surface area contributed by atoms with Crippen molar-refractivity contribution in [3.63, 3.8) is 0 Å². The van der Waals surface area contributed by atoms with Crippen LogP contribution in [0.15, 0.2) is 36.4 Å². The lowest BCUT2D eigenvalue weighted by Crippen LogP contribution is -2.33. The molecule has 1 saturated carbocycles. The predicted octanol–water partition coefficient (Wildman–Crippen LogP) is 0.362. The van der Waals surface area contributed by atoms with Crippen molar-refractivity contribution in [2.75, 3.05) is 4.90 Å². The molecule has 2 amide bonds. The number of nitrogens with zero attached hydrogens (tertiary/aromatic N) is 1. The number of carbonyl (C=O) groups is 3. The average Bonchev–Trinajstić information content (AvgIpc) is 3.13. The number of hydrogen-bond acceptors (Lipinski definition) is 4. The second-order valence-electron chi connectivity index (χ2n) is 5.85. The molecule has 2 aliphatic carbocycles. The zero-order valence-corrected chi connectivity index (χ0v) is 11.1. The van der Waals surface area contributed by atoms with Gasteiger partial charge in [-0.2, -0.15) is 0 Å². The summed E-state index contributed by atoms with van der Waals surface area (Å²) < 4.78 is 0. The van der Waals surface area contributed by atoms with E-state index in [1.165, 1.54) is 29.2 Å². The largest absolute Gasteiger partial charge is 0.545 e. The van der Waals surface area contributed by atoms with Gasteiger partial charge in [0.1, 0.15) is 0 Å². The number of carboxylic acid groups (broad SMARTS) is 1. The van der Waals surface area contributed by atoms with E-state index in [4.69, 9.17) is 0 Å². The van der Waals surface area contributed by atoms with Crippen molar-refractivity contribution in [2.45, 2.75) is 6.42 Å². The Kier molecular flexibility index (Phi) is 2.37. The molecule has 1 saturated heterocycles. The van der Waals surface area contributed by atoms with Gasteiger partial charge in [0.25, 0.3) is 0 Å². The minimum atomic E-state index is -1.28. The van der Waals surface area contributed by atoms with Crippen molar-refractivity contribution < 1.29 is 19.5 Å². The Morgan fingerprint density at radius 3 is 2.00 bits per heavy atom. The molecular formula is C16H12NO4-. The highest BCUT2D eigenvalue weighted by Crippen LogP contribution is 2.53. The van der Waals surface area contributed by atoms with E-state index >= 15 is 0 Å². The van der Waals surface area contributed by atoms with Gasteiger partial charge in [-0.25, -0.2) is 0 Å². The quantitative estimate of drug-likeness (QED) is 0.579. The van der Waals surface area contributed by atoms with Gasteiger partial charge in [-0.1, -0.05) is 24.3 Å². The smallest absolute Gasteiger partial charge is 0.238 e. The zero-order chi connectivity index (χ0) is 14.7. The summed E-state index contributed by atoms with van der Waals surface area (Å²) in [6, 6.07) is 5.67. The predicted molar refractivity (Wildman–Crippen MR) is 71.0 cm³/mol. The first-order valence-corrected chi connectivity index (χ1v) is 6.95. The van der Waals surface area contributed by atoms with Crippen molar-refractivity contribution in [3.8, 4) is 0 Å². The lowest BCUT2D eigenvalue weighted by atomic mass is 9.85. The number of benzene rings is 1. The van der Waals surface area contributed by atoms with Crippen molar-refractivity contribution >= 4 is 23.5 Å². The van der Waals surface area contributed by atoms with Crippen LogP contribution in [0.4, 0.5) is 5.69 Å². The summed E-state index contributed by atoms with van der Waals surface area (Å²) in [5.41, 5.74) is 0.462. The van der Waals surface area contributed by atoms with Gasteiger partial charge in [0.2, 0.25) is 11.8 Å². The molecule has 1 aromatic carbocycles. The van der Waals surface area contributed by atoms with Crippen LogP contribution in [0.25, 0.3) is 0 Å². The molecule has 2 fully saturated rings. The van der Waals surface area contributed by atoms with E-state index in [0.717, 1.165) is 6.42 Å². The normalized spacial score (nSPS) is 32.9. The molecule has 5 heteroatoms. The van der Waals surface area contributed by atoms with Gasteiger partial charge in [0.15, 0.2) is 0 Å². The molecule has 0 unspecified atom stereocenters. The second kappa shape index (κ2) is 4.04. The number of rotatable bonds is 2. The Hall–Kier alpha value is -2.43. The van der Waals surface area contributed by atoms with E-state index in [2.05, 4.69) is 0 Å². The zero-order valence-electron chi connectivity index (χ0n) is 11.1. The third kappa shape index (κ3) is 1.54. The van der Waals surface area contributed by atoms with E-state index in [1.807, 2.05) is 12.2 Å². The number of imide groups is 1. The maximum atomic E-state index is 12.5. The minimum absolute atomic E-state index is 0.0276. The topological polar surface area (TPSA) is 77.5 Å². The lowest BCUT2D eigenvalue weighted by molar-refractivity contribution is -0.255. The molecule has 0 spiro atoms. The first kappa shape index (κ1) is 12.3. The summed E-state index contributed by atoms with van der Waals surface area (Å²) in [5, 5.41) is 10.7. The first-order valence-electron chi connectivity index (χ1n) is 6.95. The van der Waals surface area contributed by atoms with Crippen LogP contribution in [0.2, 0.25) is 0 Å². The monoisotopic (exact) mass is 282 g/mol. The van der Waals surface area contributed by atoms with Gasteiger partial charge in [-0.15, -0.1) is 0 Å². The van der Waals surface area contributed by atoms with Crippen LogP contribution in [0.1, 0.15) is 16.8 Å². The molecule has 0 radical (unpaired) electrons. The van der Waals surface area contributed by atoms with E-state index in [0.29, 0.717) is 5.69 Å². The Balaban J connectivity index is 1.69. The molecule has 0 aromatic heterocycles. The molecule has 1 aliphatic heterocycles. The second-order valence-corrected chi connectivity index (χ2v) is 5.85. The molecule has 2 bridgehead atoms. The van der Waals surface area contributed by atoms with E-state index in [-0.39, 0.29) is 41.0 Å². The number of carboxylic acids is 1. The number of amides is 2. The summed E-state index contributed by atoms with van der Waals surface area (Å²) in [6.45, 7) is 0. The first-order chi connectivity index (χ1) is 10.1. The Morgan fingerprint density at radius 1 is 1.00 bits per heavy atom. The fourth-order valence-electron chi connectivity index (χ4n) is 3.90. The van der Waals surface area contributed by atoms with Crippen LogP contribution >= 0.6 is 0 Å². The molecule has 106 valence electrons. The SMILES string of the molecule is O=C([O-])c1ccc(N2C(=O)[C@@H]3[C@@H](C2=O)[C@H]2C=C[C@@H]3C2)cc1. The maximum absolute atomic E-state index is 12.5.